The number of thioether (sulfide) groups is 1. The molecular formula is C15H12N4O3S. The van der Waals surface area contributed by atoms with Gasteiger partial charge in [-0.05, 0) is 31.2 Å². The first-order valence-electron chi connectivity index (χ1n) is 6.79. The van der Waals surface area contributed by atoms with Crippen LogP contribution in [0.2, 0.25) is 0 Å². The van der Waals surface area contributed by atoms with Gasteiger partial charge in [0, 0.05) is 23.9 Å². The summed E-state index contributed by atoms with van der Waals surface area (Å²) in [6, 6.07) is 11.7. The zero-order valence-corrected chi connectivity index (χ0v) is 12.9. The summed E-state index contributed by atoms with van der Waals surface area (Å²) in [4.78, 5) is 14.5. The third-order valence-corrected chi connectivity index (χ3v) is 4.09. The van der Waals surface area contributed by atoms with E-state index in [0.29, 0.717) is 17.3 Å². The van der Waals surface area contributed by atoms with Gasteiger partial charge in [-0.3, -0.25) is 10.1 Å². The van der Waals surface area contributed by atoms with Crippen molar-refractivity contribution in [3.8, 4) is 11.5 Å². The van der Waals surface area contributed by atoms with Crippen LogP contribution in [-0.2, 0) is 0 Å². The lowest BCUT2D eigenvalue weighted by Gasteiger charge is -2.04. The predicted octanol–water partition coefficient (Wildman–Crippen LogP) is 3.89. The lowest BCUT2D eigenvalue weighted by Crippen LogP contribution is -1.89. The Morgan fingerprint density at radius 3 is 2.61 bits per heavy atom. The van der Waals surface area contributed by atoms with Gasteiger partial charge < -0.3 is 4.42 Å². The highest BCUT2D eigenvalue weighted by molar-refractivity contribution is 7.99. The maximum Gasteiger partial charge on any atom is 0.269 e. The smallest absolute Gasteiger partial charge is 0.269 e. The number of nitro benzene ring substituents is 1. The predicted molar refractivity (Wildman–Crippen MR) is 84.9 cm³/mol. The van der Waals surface area contributed by atoms with Crippen LogP contribution in [0.5, 0.6) is 0 Å². The van der Waals surface area contributed by atoms with E-state index >= 15 is 0 Å². The molecule has 3 aromatic rings. The molecule has 0 unspecified atom stereocenters. The largest absolute Gasteiger partial charge is 0.419 e. The van der Waals surface area contributed by atoms with Crippen molar-refractivity contribution in [2.24, 2.45) is 0 Å². The van der Waals surface area contributed by atoms with Crippen LogP contribution < -0.4 is 0 Å². The Morgan fingerprint density at radius 1 is 1.17 bits per heavy atom. The van der Waals surface area contributed by atoms with E-state index in [2.05, 4.69) is 15.2 Å². The number of pyridine rings is 1. The number of non-ortho nitro benzene ring substituents is 1. The van der Waals surface area contributed by atoms with Gasteiger partial charge in [0.05, 0.1) is 15.2 Å². The van der Waals surface area contributed by atoms with E-state index in [4.69, 9.17) is 4.42 Å². The second-order valence-electron chi connectivity index (χ2n) is 4.68. The second kappa shape index (κ2) is 6.57. The summed E-state index contributed by atoms with van der Waals surface area (Å²) in [5.41, 5.74) is 0.664. The number of hydrogen-bond donors (Lipinski definition) is 0. The number of benzene rings is 1. The van der Waals surface area contributed by atoms with E-state index in [1.807, 2.05) is 25.1 Å². The number of nitrogens with zero attached hydrogens (tertiary/aromatic N) is 4. The van der Waals surface area contributed by atoms with E-state index in [1.165, 1.54) is 23.9 Å². The summed E-state index contributed by atoms with van der Waals surface area (Å²) >= 11 is 1.51. The maximum atomic E-state index is 10.7. The van der Waals surface area contributed by atoms with E-state index in [0.717, 1.165) is 5.03 Å². The van der Waals surface area contributed by atoms with Crippen molar-refractivity contribution in [1.82, 2.24) is 15.2 Å². The minimum Gasteiger partial charge on any atom is -0.419 e. The van der Waals surface area contributed by atoms with Crippen LogP contribution in [0, 0.1) is 10.1 Å². The molecule has 0 radical (unpaired) electrons. The number of rotatable bonds is 5. The molecule has 0 amide bonds. The molecule has 8 heteroatoms. The molecule has 116 valence electrons. The molecular weight excluding hydrogens is 316 g/mol. The van der Waals surface area contributed by atoms with Gasteiger partial charge in [-0.2, -0.15) is 0 Å². The molecule has 23 heavy (non-hydrogen) atoms. The average Bonchev–Trinajstić information content (AvgIpc) is 3.06. The zero-order chi connectivity index (χ0) is 16.2. The SMILES string of the molecule is C[C@@H](Sc1ccccn1)c1nnc(-c2ccc([N+](=O)[O-])cc2)o1. The van der Waals surface area contributed by atoms with E-state index in [1.54, 1.807) is 18.3 Å². The fraction of sp³-hybridized carbons (Fsp3) is 0.133. The van der Waals surface area contributed by atoms with E-state index in [9.17, 15) is 10.1 Å². The van der Waals surface area contributed by atoms with Crippen molar-refractivity contribution < 1.29 is 9.34 Å². The Kier molecular flexibility index (Phi) is 4.33. The van der Waals surface area contributed by atoms with Crippen LogP contribution in [0.15, 0.2) is 58.1 Å². The quantitative estimate of drug-likeness (QED) is 0.398. The third kappa shape index (κ3) is 3.54. The lowest BCUT2D eigenvalue weighted by atomic mass is 10.2. The standard InChI is InChI=1S/C15H12N4O3S/c1-10(23-13-4-2-3-9-16-13)14-17-18-15(22-14)11-5-7-12(8-6-11)19(20)21/h2-10H,1H3/t10-/m1/s1. The van der Waals surface area contributed by atoms with Crippen LogP contribution in [-0.4, -0.2) is 20.1 Å². The van der Waals surface area contributed by atoms with Gasteiger partial charge in [0.25, 0.3) is 5.69 Å². The van der Waals surface area contributed by atoms with Crippen molar-refractivity contribution >= 4 is 17.4 Å². The van der Waals surface area contributed by atoms with E-state index in [-0.39, 0.29) is 10.9 Å². The van der Waals surface area contributed by atoms with Crippen LogP contribution in [0.1, 0.15) is 18.1 Å². The molecule has 0 saturated heterocycles. The summed E-state index contributed by atoms with van der Waals surface area (Å²) in [6.45, 7) is 1.95. The molecule has 2 aromatic heterocycles. The van der Waals surface area contributed by atoms with Gasteiger partial charge in [-0.25, -0.2) is 4.98 Å². The number of nitro groups is 1. The molecule has 1 atom stereocenters. The summed E-state index contributed by atoms with van der Waals surface area (Å²) in [6.07, 6.45) is 1.73. The van der Waals surface area contributed by atoms with Crippen molar-refractivity contribution in [3.63, 3.8) is 0 Å². The van der Waals surface area contributed by atoms with Crippen molar-refractivity contribution in [1.29, 1.82) is 0 Å². The highest BCUT2D eigenvalue weighted by atomic mass is 32.2. The van der Waals surface area contributed by atoms with Gasteiger partial charge in [0.1, 0.15) is 0 Å². The van der Waals surface area contributed by atoms with Crippen LogP contribution in [0.4, 0.5) is 5.69 Å². The molecule has 0 spiro atoms. The van der Waals surface area contributed by atoms with Gasteiger partial charge in [0.15, 0.2) is 0 Å². The van der Waals surface area contributed by atoms with Gasteiger partial charge >= 0.3 is 0 Å². The first-order chi connectivity index (χ1) is 11.1. The molecule has 0 bridgehead atoms. The minimum atomic E-state index is -0.450. The fourth-order valence-electron chi connectivity index (χ4n) is 1.89. The molecule has 7 nitrogen and oxygen atoms in total. The Labute approximate surface area is 135 Å². The van der Waals surface area contributed by atoms with Gasteiger partial charge in [-0.1, -0.05) is 17.8 Å². The normalized spacial score (nSPS) is 12.0. The maximum absolute atomic E-state index is 10.7. The summed E-state index contributed by atoms with van der Waals surface area (Å²) in [7, 11) is 0. The molecule has 0 aliphatic carbocycles. The Bertz CT molecular complexity index is 805. The molecule has 0 aliphatic heterocycles. The van der Waals surface area contributed by atoms with Crippen LogP contribution >= 0.6 is 11.8 Å². The zero-order valence-electron chi connectivity index (χ0n) is 12.1. The fourth-order valence-corrected chi connectivity index (χ4v) is 2.73. The summed E-state index contributed by atoms with van der Waals surface area (Å²) in [5, 5.41) is 19.5. The topological polar surface area (TPSA) is 95.0 Å². The number of aromatic nitrogens is 3. The Hall–Kier alpha value is -2.74. The summed E-state index contributed by atoms with van der Waals surface area (Å²) in [5.74, 6) is 0.817. The van der Waals surface area contributed by atoms with Crippen LogP contribution in [0.25, 0.3) is 11.5 Å². The molecule has 3 rings (SSSR count). The molecule has 0 fully saturated rings. The van der Waals surface area contributed by atoms with Gasteiger partial charge in [-0.15, -0.1) is 10.2 Å². The molecule has 1 aromatic carbocycles. The second-order valence-corrected chi connectivity index (χ2v) is 6.04. The number of hydrogen-bond acceptors (Lipinski definition) is 7. The van der Waals surface area contributed by atoms with E-state index < -0.39 is 4.92 Å². The Morgan fingerprint density at radius 2 is 1.96 bits per heavy atom. The molecule has 0 aliphatic rings. The first-order valence-corrected chi connectivity index (χ1v) is 7.67. The van der Waals surface area contributed by atoms with Gasteiger partial charge in [0.2, 0.25) is 11.8 Å². The highest BCUT2D eigenvalue weighted by Gasteiger charge is 2.17. The van der Waals surface area contributed by atoms with Crippen molar-refractivity contribution in [2.45, 2.75) is 17.2 Å². The highest BCUT2D eigenvalue weighted by Crippen LogP contribution is 2.33. The lowest BCUT2D eigenvalue weighted by molar-refractivity contribution is -0.384. The first kappa shape index (κ1) is 15.2. The molecule has 0 saturated carbocycles. The monoisotopic (exact) mass is 328 g/mol. The van der Waals surface area contributed by atoms with Crippen molar-refractivity contribution in [2.75, 3.05) is 0 Å². The minimum absolute atomic E-state index is 0.0209. The summed E-state index contributed by atoms with van der Waals surface area (Å²) < 4.78 is 5.66. The van der Waals surface area contributed by atoms with Crippen molar-refractivity contribution in [3.05, 3.63) is 64.7 Å². The molecule has 0 N–H and O–H groups in total. The third-order valence-electron chi connectivity index (χ3n) is 3.05. The molecule has 2 heterocycles. The average molecular weight is 328 g/mol. The van der Waals surface area contributed by atoms with Crippen LogP contribution in [0.3, 0.4) is 0 Å². The Balaban J connectivity index is 1.76.